The number of aromatic nitrogens is 2. The van der Waals surface area contributed by atoms with Crippen molar-refractivity contribution in [2.45, 2.75) is 38.5 Å². The molecular formula is C25H29F2N5O2S. The van der Waals surface area contributed by atoms with Crippen LogP contribution in [-0.4, -0.2) is 39.6 Å². The lowest BCUT2D eigenvalue weighted by Gasteiger charge is -2.15. The van der Waals surface area contributed by atoms with E-state index < -0.39 is 21.4 Å². The van der Waals surface area contributed by atoms with Crippen molar-refractivity contribution < 1.29 is 17.7 Å². The molecule has 35 heavy (non-hydrogen) atoms. The third-order valence-electron chi connectivity index (χ3n) is 5.23. The highest BCUT2D eigenvalue weighted by Gasteiger charge is 2.14. The lowest BCUT2D eigenvalue weighted by molar-refractivity contribution is 0.308. The van der Waals surface area contributed by atoms with Gasteiger partial charge in [-0.25, -0.2) is 27.3 Å². The van der Waals surface area contributed by atoms with E-state index in [0.717, 1.165) is 24.6 Å². The van der Waals surface area contributed by atoms with Crippen LogP contribution >= 0.6 is 0 Å². The molecule has 1 unspecified atom stereocenters. The van der Waals surface area contributed by atoms with Crippen molar-refractivity contribution in [1.29, 1.82) is 0 Å². The molecule has 1 atom stereocenters. The summed E-state index contributed by atoms with van der Waals surface area (Å²) in [5.74, 6) is -0.0106. The number of fused-ring (bicyclic) bond motifs is 7. The Morgan fingerprint density at radius 2 is 1.97 bits per heavy atom. The highest BCUT2D eigenvalue weighted by atomic mass is 32.2. The van der Waals surface area contributed by atoms with Gasteiger partial charge in [0.2, 0.25) is 5.95 Å². The third-order valence-corrected chi connectivity index (χ3v) is 6.97. The number of rotatable bonds is 3. The van der Waals surface area contributed by atoms with Gasteiger partial charge in [-0.05, 0) is 62.6 Å². The molecule has 0 amide bonds. The molecule has 0 aliphatic carbocycles. The largest absolute Gasteiger partial charge is 0.494 e. The number of ether oxygens (including phenoxy) is 1. The van der Waals surface area contributed by atoms with Crippen LogP contribution in [0, 0.1) is 11.6 Å². The van der Waals surface area contributed by atoms with Crippen LogP contribution in [0.2, 0.25) is 0 Å². The van der Waals surface area contributed by atoms with E-state index >= 15 is 0 Å². The fraction of sp³-hybridized carbons (Fsp3) is 0.360. The second kappa shape index (κ2) is 10.6. The first-order chi connectivity index (χ1) is 16.7. The van der Waals surface area contributed by atoms with Crippen molar-refractivity contribution in [2.24, 2.45) is 4.36 Å². The smallest absolute Gasteiger partial charge is 0.227 e. The summed E-state index contributed by atoms with van der Waals surface area (Å²) in [5, 5.41) is 6.16. The van der Waals surface area contributed by atoms with Crippen molar-refractivity contribution in [3.05, 3.63) is 59.8 Å². The predicted molar refractivity (Wildman–Crippen MR) is 136 cm³/mol. The molecule has 2 heterocycles. The number of halogens is 2. The van der Waals surface area contributed by atoms with Crippen LogP contribution in [-0.2, 0) is 15.5 Å². The molecule has 10 heteroatoms. The van der Waals surface area contributed by atoms with Crippen LogP contribution in [0.4, 0.5) is 26.1 Å². The lowest BCUT2D eigenvalue weighted by Crippen LogP contribution is -2.08. The summed E-state index contributed by atoms with van der Waals surface area (Å²) in [6, 6.07) is 9.76. The van der Waals surface area contributed by atoms with Gasteiger partial charge in [0.15, 0.2) is 5.82 Å². The predicted octanol–water partition coefficient (Wildman–Crippen LogP) is 5.76. The van der Waals surface area contributed by atoms with E-state index in [4.69, 9.17) is 4.74 Å². The molecule has 0 radical (unpaired) electrons. The number of benzene rings is 2. The van der Waals surface area contributed by atoms with Gasteiger partial charge in [-0.2, -0.15) is 0 Å². The van der Waals surface area contributed by atoms with E-state index in [0.29, 0.717) is 30.2 Å². The highest BCUT2D eigenvalue weighted by molar-refractivity contribution is 7.92. The molecule has 2 N–H and O–H groups in total. The molecule has 0 spiro atoms. The summed E-state index contributed by atoms with van der Waals surface area (Å²) in [5.41, 5.74) is 2.17. The van der Waals surface area contributed by atoms with Gasteiger partial charge in [0.05, 0.1) is 30.3 Å². The van der Waals surface area contributed by atoms with E-state index in [-0.39, 0.29) is 29.1 Å². The fourth-order valence-corrected chi connectivity index (χ4v) is 5.65. The Labute approximate surface area is 204 Å². The monoisotopic (exact) mass is 501 g/mol. The van der Waals surface area contributed by atoms with Crippen LogP contribution < -0.4 is 15.4 Å². The number of hydrogen-bond acceptors (Lipinski definition) is 7. The Bertz CT molecular complexity index is 1340. The fourth-order valence-electron chi connectivity index (χ4n) is 3.90. The molecular weight excluding hydrogens is 472 g/mol. The summed E-state index contributed by atoms with van der Waals surface area (Å²) in [6.45, 7) is 4.78. The highest BCUT2D eigenvalue weighted by Crippen LogP contribution is 2.29. The van der Waals surface area contributed by atoms with E-state index in [1.807, 2.05) is 26.0 Å². The quantitative estimate of drug-likeness (QED) is 0.475. The van der Waals surface area contributed by atoms with Crippen LogP contribution in [0.15, 0.2) is 47.0 Å². The Hall–Kier alpha value is -3.27. The summed E-state index contributed by atoms with van der Waals surface area (Å²) in [6.07, 6.45) is 4.21. The van der Waals surface area contributed by atoms with Gasteiger partial charge in [0.1, 0.15) is 17.3 Å². The maximum atomic E-state index is 14.6. The molecule has 3 aromatic rings. The van der Waals surface area contributed by atoms with E-state index in [1.165, 1.54) is 12.1 Å². The van der Waals surface area contributed by atoms with Gasteiger partial charge >= 0.3 is 0 Å². The zero-order valence-corrected chi connectivity index (χ0v) is 20.8. The standard InChI is InChI=1S/C25H29F2N5O2S/c1-16(2)32-35(3,33)15-17-10-19-13-20(11-17)34-9-5-4-8-28-23-12-18(6-7-21(23)26)24-22(27)14-29-25(30-19)31-24/h6-7,10-14,16,28H,4-5,8-9,15H2,1-3H3,(H,29,30,31). The van der Waals surface area contributed by atoms with E-state index in [9.17, 15) is 13.0 Å². The summed E-state index contributed by atoms with van der Waals surface area (Å²) < 4.78 is 52.2. The second-order valence-corrected chi connectivity index (χ2v) is 11.3. The molecule has 6 bridgehead atoms. The van der Waals surface area contributed by atoms with Gasteiger partial charge in [0, 0.05) is 39.8 Å². The normalized spacial score (nSPS) is 15.4. The first kappa shape index (κ1) is 24.8. The van der Waals surface area contributed by atoms with Crippen LogP contribution in [0.25, 0.3) is 11.3 Å². The molecule has 0 fully saturated rings. The Kier molecular flexibility index (Phi) is 7.49. The number of anilines is 3. The summed E-state index contributed by atoms with van der Waals surface area (Å²) in [7, 11) is -2.44. The Morgan fingerprint density at radius 3 is 2.77 bits per heavy atom. The van der Waals surface area contributed by atoms with Crippen LogP contribution in [0.1, 0.15) is 32.3 Å². The first-order valence-electron chi connectivity index (χ1n) is 11.5. The van der Waals surface area contributed by atoms with E-state index in [2.05, 4.69) is 25.0 Å². The van der Waals surface area contributed by atoms with Crippen molar-refractivity contribution in [3.63, 3.8) is 0 Å². The second-order valence-electron chi connectivity index (χ2n) is 8.86. The van der Waals surface area contributed by atoms with Gasteiger partial charge in [-0.3, -0.25) is 0 Å². The van der Waals surface area contributed by atoms with Crippen molar-refractivity contribution >= 4 is 27.1 Å². The molecule has 0 saturated heterocycles. The molecule has 4 rings (SSSR count). The van der Waals surface area contributed by atoms with Gasteiger partial charge in [0.25, 0.3) is 0 Å². The van der Waals surface area contributed by atoms with Gasteiger partial charge < -0.3 is 15.4 Å². The third kappa shape index (κ3) is 6.66. The molecule has 1 aliphatic rings. The molecule has 0 saturated carbocycles. The Morgan fingerprint density at radius 1 is 1.14 bits per heavy atom. The zero-order chi connectivity index (χ0) is 25.0. The number of nitrogens with zero attached hydrogens (tertiary/aromatic N) is 3. The minimum Gasteiger partial charge on any atom is -0.494 e. The average Bonchev–Trinajstić information content (AvgIpc) is 2.76. The van der Waals surface area contributed by atoms with Gasteiger partial charge in [-0.15, -0.1) is 0 Å². The topological polar surface area (TPSA) is 88.5 Å². The molecule has 7 nitrogen and oxygen atoms in total. The summed E-state index contributed by atoms with van der Waals surface area (Å²) in [4.78, 5) is 8.40. The van der Waals surface area contributed by atoms with Crippen molar-refractivity contribution in [1.82, 2.24) is 9.97 Å². The zero-order valence-electron chi connectivity index (χ0n) is 20.0. The lowest BCUT2D eigenvalue weighted by atomic mass is 10.1. The first-order valence-corrected chi connectivity index (χ1v) is 13.6. The SMILES string of the molecule is CC(C)N=S(C)(=O)Cc1cc2cc(c1)OCCCCNc1cc(ccc1F)-c1nc(ncc1F)N2. The van der Waals surface area contributed by atoms with Crippen molar-refractivity contribution in [2.75, 3.05) is 30.0 Å². The maximum Gasteiger partial charge on any atom is 0.227 e. The van der Waals surface area contributed by atoms with Crippen LogP contribution in [0.5, 0.6) is 5.75 Å². The number of nitrogens with one attached hydrogen (secondary N) is 2. The van der Waals surface area contributed by atoms with Crippen molar-refractivity contribution in [3.8, 4) is 17.0 Å². The maximum absolute atomic E-state index is 14.6. The molecule has 1 aliphatic heterocycles. The van der Waals surface area contributed by atoms with E-state index in [1.54, 1.807) is 18.4 Å². The minimum absolute atomic E-state index is 0.0466. The van der Waals surface area contributed by atoms with Crippen LogP contribution in [0.3, 0.4) is 0 Å². The average molecular weight is 502 g/mol. The van der Waals surface area contributed by atoms with Gasteiger partial charge in [-0.1, -0.05) is 0 Å². The minimum atomic E-state index is -2.44. The number of hydrogen-bond donors (Lipinski definition) is 2. The molecule has 2 aromatic carbocycles. The molecule has 1 aromatic heterocycles. The molecule has 186 valence electrons. The summed E-state index contributed by atoms with van der Waals surface area (Å²) >= 11 is 0. The Balaban J connectivity index is 1.75.